The summed E-state index contributed by atoms with van der Waals surface area (Å²) in [6.07, 6.45) is 2.70. The number of halogens is 2. The number of nitrogens with one attached hydrogen (secondary N) is 1. The summed E-state index contributed by atoms with van der Waals surface area (Å²) in [5, 5.41) is 2.74. The molecule has 2 aromatic rings. The lowest BCUT2D eigenvalue weighted by Gasteiger charge is -2.38. The number of hydrogen-bond acceptors (Lipinski definition) is 8. The SMILES string of the molecule is COc1cnc(C(=O)Nc2ccc(F)c(C34COCC3(F)CSC(N)=N4)c2)nc1. The number of methoxy groups -OCH3 is 1. The molecule has 2 atom stereocenters. The van der Waals surface area contributed by atoms with Gasteiger partial charge in [-0.1, -0.05) is 11.8 Å². The third-order valence-electron chi connectivity index (χ3n) is 4.87. The van der Waals surface area contributed by atoms with Crippen molar-refractivity contribution in [2.45, 2.75) is 11.2 Å². The predicted octanol–water partition coefficient (Wildman–Crippen LogP) is 1.87. The molecule has 3 heterocycles. The molecule has 1 aromatic heterocycles. The average molecular weight is 421 g/mol. The first-order chi connectivity index (χ1) is 13.9. The fourth-order valence-electron chi connectivity index (χ4n) is 3.34. The second kappa shape index (κ2) is 7.23. The molecular weight excluding hydrogens is 404 g/mol. The van der Waals surface area contributed by atoms with Crippen LogP contribution in [0.3, 0.4) is 0 Å². The van der Waals surface area contributed by atoms with Gasteiger partial charge in [0, 0.05) is 17.0 Å². The highest BCUT2D eigenvalue weighted by Crippen LogP contribution is 2.50. The summed E-state index contributed by atoms with van der Waals surface area (Å²) in [5.74, 6) is -0.984. The summed E-state index contributed by atoms with van der Waals surface area (Å²) < 4.78 is 40.6. The van der Waals surface area contributed by atoms with Crippen molar-refractivity contribution in [2.24, 2.45) is 10.7 Å². The number of anilines is 1. The number of nitrogens with zero attached hydrogens (tertiary/aromatic N) is 3. The number of rotatable bonds is 4. The van der Waals surface area contributed by atoms with Gasteiger partial charge in [-0.2, -0.15) is 0 Å². The maximum Gasteiger partial charge on any atom is 0.293 e. The number of aliphatic imine (C=N–C) groups is 1. The summed E-state index contributed by atoms with van der Waals surface area (Å²) in [4.78, 5) is 24.5. The van der Waals surface area contributed by atoms with Crippen LogP contribution in [0.15, 0.2) is 35.6 Å². The molecule has 0 aliphatic carbocycles. The van der Waals surface area contributed by atoms with Crippen molar-refractivity contribution in [3.8, 4) is 5.75 Å². The number of carbonyl (C=O) groups excluding carboxylic acids is 1. The number of amides is 1. The zero-order chi connectivity index (χ0) is 20.6. The van der Waals surface area contributed by atoms with Gasteiger partial charge in [0.15, 0.2) is 22.1 Å². The molecule has 2 unspecified atom stereocenters. The monoisotopic (exact) mass is 421 g/mol. The van der Waals surface area contributed by atoms with E-state index >= 15 is 4.39 Å². The Morgan fingerprint density at radius 1 is 1.34 bits per heavy atom. The Bertz CT molecular complexity index is 990. The minimum Gasteiger partial charge on any atom is -0.494 e. The number of benzene rings is 1. The van der Waals surface area contributed by atoms with Crippen molar-refractivity contribution in [3.63, 3.8) is 0 Å². The summed E-state index contributed by atoms with van der Waals surface area (Å²) in [6, 6.07) is 3.84. The lowest BCUT2D eigenvalue weighted by molar-refractivity contribution is 0.101. The van der Waals surface area contributed by atoms with Crippen LogP contribution in [-0.4, -0.2) is 52.8 Å². The van der Waals surface area contributed by atoms with Gasteiger partial charge in [0.1, 0.15) is 5.82 Å². The Labute approximate surface area is 168 Å². The number of nitrogens with two attached hydrogens (primary N) is 1. The van der Waals surface area contributed by atoms with Crippen LogP contribution in [0.4, 0.5) is 14.5 Å². The maximum atomic E-state index is 15.6. The first kappa shape index (κ1) is 19.5. The molecule has 29 heavy (non-hydrogen) atoms. The van der Waals surface area contributed by atoms with Crippen LogP contribution in [0, 0.1) is 5.82 Å². The molecule has 0 saturated carbocycles. The zero-order valence-electron chi connectivity index (χ0n) is 15.3. The summed E-state index contributed by atoms with van der Waals surface area (Å²) in [6.45, 7) is -0.368. The quantitative estimate of drug-likeness (QED) is 0.775. The Morgan fingerprint density at radius 2 is 2.10 bits per heavy atom. The number of ether oxygens (including phenoxy) is 2. The van der Waals surface area contributed by atoms with E-state index in [1.165, 1.54) is 31.6 Å². The zero-order valence-corrected chi connectivity index (χ0v) is 16.1. The molecular formula is C18H17F2N5O3S. The van der Waals surface area contributed by atoms with E-state index in [1.54, 1.807) is 0 Å². The molecule has 152 valence electrons. The van der Waals surface area contributed by atoms with E-state index in [2.05, 4.69) is 20.3 Å². The molecule has 4 rings (SSSR count). The largest absolute Gasteiger partial charge is 0.494 e. The third kappa shape index (κ3) is 3.29. The molecule has 2 aliphatic heterocycles. The summed E-state index contributed by atoms with van der Waals surface area (Å²) >= 11 is 1.06. The van der Waals surface area contributed by atoms with E-state index in [1.807, 2.05) is 0 Å². The minimum absolute atomic E-state index is 0.00194. The number of aromatic nitrogens is 2. The van der Waals surface area contributed by atoms with Gasteiger partial charge in [-0.3, -0.25) is 4.79 Å². The van der Waals surface area contributed by atoms with E-state index in [-0.39, 0.29) is 41.2 Å². The Morgan fingerprint density at radius 3 is 2.83 bits per heavy atom. The van der Waals surface area contributed by atoms with E-state index < -0.39 is 22.9 Å². The molecule has 11 heteroatoms. The molecule has 2 aliphatic rings. The van der Waals surface area contributed by atoms with Crippen LogP contribution >= 0.6 is 11.8 Å². The number of amidine groups is 1. The first-order valence-corrected chi connectivity index (χ1v) is 9.58. The predicted molar refractivity (Wildman–Crippen MR) is 103 cm³/mol. The molecule has 1 amide bonds. The average Bonchev–Trinajstić information content (AvgIpc) is 3.06. The fourth-order valence-corrected chi connectivity index (χ4v) is 4.26. The van der Waals surface area contributed by atoms with Crippen LogP contribution in [0.5, 0.6) is 5.75 Å². The second-order valence-electron chi connectivity index (χ2n) is 6.65. The molecule has 1 fully saturated rings. The number of thioether (sulfide) groups is 1. The Kier molecular flexibility index (Phi) is 4.87. The maximum absolute atomic E-state index is 15.6. The topological polar surface area (TPSA) is 112 Å². The Hall–Kier alpha value is -2.79. The fraction of sp³-hybridized carbons (Fsp3) is 0.333. The number of carbonyl (C=O) groups is 1. The molecule has 1 aromatic carbocycles. The van der Waals surface area contributed by atoms with Gasteiger partial charge >= 0.3 is 0 Å². The van der Waals surface area contributed by atoms with E-state index in [9.17, 15) is 9.18 Å². The Balaban J connectivity index is 1.67. The van der Waals surface area contributed by atoms with Gasteiger partial charge in [0.05, 0.1) is 32.7 Å². The third-order valence-corrected chi connectivity index (χ3v) is 5.86. The number of hydrogen-bond donors (Lipinski definition) is 2. The van der Waals surface area contributed by atoms with Crippen molar-refractivity contribution in [1.29, 1.82) is 0 Å². The van der Waals surface area contributed by atoms with E-state index in [0.717, 1.165) is 17.8 Å². The van der Waals surface area contributed by atoms with E-state index in [4.69, 9.17) is 15.2 Å². The van der Waals surface area contributed by atoms with Crippen LogP contribution in [0.2, 0.25) is 0 Å². The van der Waals surface area contributed by atoms with Crippen molar-refractivity contribution in [1.82, 2.24) is 9.97 Å². The molecule has 0 spiro atoms. The lowest BCUT2D eigenvalue weighted by atomic mass is 9.79. The molecule has 0 bridgehead atoms. The smallest absolute Gasteiger partial charge is 0.293 e. The molecule has 1 saturated heterocycles. The standard InChI is InChI=1S/C18H17F2N5O3S/c1-27-11-5-22-14(23-6-11)15(26)24-10-2-3-13(19)12(4-10)18-8-28-7-17(18,20)9-29-16(21)25-18/h2-6H,7-9H2,1H3,(H2,21,25)(H,24,26). The highest BCUT2D eigenvalue weighted by molar-refractivity contribution is 8.13. The van der Waals surface area contributed by atoms with Gasteiger partial charge < -0.3 is 20.5 Å². The summed E-state index contributed by atoms with van der Waals surface area (Å²) in [7, 11) is 1.45. The van der Waals surface area contributed by atoms with Crippen molar-refractivity contribution in [3.05, 3.63) is 47.8 Å². The molecule has 3 N–H and O–H groups in total. The van der Waals surface area contributed by atoms with Crippen LogP contribution in [0.1, 0.15) is 16.2 Å². The van der Waals surface area contributed by atoms with Gasteiger partial charge in [0.25, 0.3) is 5.91 Å². The van der Waals surface area contributed by atoms with Gasteiger partial charge in [-0.15, -0.1) is 0 Å². The van der Waals surface area contributed by atoms with Crippen molar-refractivity contribution >= 4 is 28.5 Å². The van der Waals surface area contributed by atoms with Crippen LogP contribution < -0.4 is 15.8 Å². The lowest BCUT2D eigenvalue weighted by Crippen LogP contribution is -2.52. The second-order valence-corrected chi connectivity index (χ2v) is 7.65. The van der Waals surface area contributed by atoms with Gasteiger partial charge in [0.2, 0.25) is 5.82 Å². The van der Waals surface area contributed by atoms with Crippen molar-refractivity contribution < 1.29 is 23.0 Å². The summed E-state index contributed by atoms with van der Waals surface area (Å²) in [5.41, 5.74) is 2.50. The number of alkyl halides is 1. The minimum atomic E-state index is -1.91. The number of fused-ring (bicyclic) bond motifs is 1. The van der Waals surface area contributed by atoms with Crippen LogP contribution in [0.25, 0.3) is 0 Å². The molecule has 0 radical (unpaired) electrons. The van der Waals surface area contributed by atoms with Crippen LogP contribution in [-0.2, 0) is 10.3 Å². The highest BCUT2D eigenvalue weighted by Gasteiger charge is 2.61. The normalized spacial score (nSPS) is 25.8. The first-order valence-electron chi connectivity index (χ1n) is 8.59. The molecule has 8 nitrogen and oxygen atoms in total. The van der Waals surface area contributed by atoms with E-state index in [0.29, 0.717) is 5.75 Å². The highest BCUT2D eigenvalue weighted by atomic mass is 32.2. The van der Waals surface area contributed by atoms with Crippen molar-refractivity contribution in [2.75, 3.05) is 31.4 Å². The van der Waals surface area contributed by atoms with Gasteiger partial charge in [-0.05, 0) is 18.2 Å². The van der Waals surface area contributed by atoms with Gasteiger partial charge in [-0.25, -0.2) is 23.7 Å².